The van der Waals surface area contributed by atoms with Gasteiger partial charge in [0.15, 0.2) is 4.87 Å². The molecule has 0 fully saturated rings. The predicted octanol–water partition coefficient (Wildman–Crippen LogP) is -0.748. The molecule has 0 aliphatic rings. The first-order chi connectivity index (χ1) is 6.70. The van der Waals surface area contributed by atoms with Crippen molar-refractivity contribution in [3.8, 4) is 0 Å². The van der Waals surface area contributed by atoms with Gasteiger partial charge in [0.25, 0.3) is 10.1 Å². The maximum Gasteiger partial charge on any atom is 0.286 e. The van der Waals surface area contributed by atoms with Crippen molar-refractivity contribution in [3.05, 3.63) is 0 Å². The van der Waals surface area contributed by atoms with Gasteiger partial charge in [-0.05, 0) is 40.4 Å². The first kappa shape index (κ1) is 14.8. The number of hydrogen-bond acceptors (Lipinski definition) is 5. The summed E-state index contributed by atoms with van der Waals surface area (Å²) in [5, 5.41) is 9.57. The Balaban J connectivity index is 5.29. The Labute approximate surface area is 90.8 Å². The Bertz CT molecular complexity index is 279. The van der Waals surface area contributed by atoms with Gasteiger partial charge in [-0.3, -0.25) is 9.45 Å². The third-order valence-electron chi connectivity index (χ3n) is 2.60. The van der Waals surface area contributed by atoms with Crippen LogP contribution in [-0.4, -0.2) is 54.6 Å². The molecule has 0 saturated heterocycles. The number of nitrogens with zero attached hydrogens (tertiary/aromatic N) is 1. The molecule has 2 atom stereocenters. The predicted molar refractivity (Wildman–Crippen MR) is 57.9 cm³/mol. The third kappa shape index (κ3) is 2.88. The normalized spacial score (nSPS) is 18.9. The van der Waals surface area contributed by atoms with Crippen molar-refractivity contribution in [3.63, 3.8) is 0 Å². The van der Waals surface area contributed by atoms with Gasteiger partial charge in [0, 0.05) is 0 Å². The minimum absolute atomic E-state index is 0.0903. The molecule has 0 radical (unpaired) electrons. The minimum Gasteiger partial charge on any atom is -0.390 e. The summed E-state index contributed by atoms with van der Waals surface area (Å²) in [7, 11) is -1.38. The minimum atomic E-state index is -4.38. The molecule has 7 heteroatoms. The van der Waals surface area contributed by atoms with Crippen molar-refractivity contribution in [1.29, 1.82) is 0 Å². The number of aliphatic hydroxyl groups is 1. The lowest BCUT2D eigenvalue weighted by Crippen LogP contribution is -2.58. The molecule has 0 heterocycles. The van der Waals surface area contributed by atoms with Gasteiger partial charge in [-0.1, -0.05) is 0 Å². The van der Waals surface area contributed by atoms with Gasteiger partial charge in [0.05, 0.1) is 6.10 Å². The topological polar surface area (TPSA) is 104 Å². The molecule has 0 aliphatic carbocycles. The summed E-state index contributed by atoms with van der Waals surface area (Å²) in [6, 6.07) is 0. The van der Waals surface area contributed by atoms with Crippen molar-refractivity contribution < 1.29 is 18.1 Å². The summed E-state index contributed by atoms with van der Waals surface area (Å²) >= 11 is 0. The Morgan fingerprint density at radius 3 is 2.13 bits per heavy atom. The fourth-order valence-corrected chi connectivity index (χ4v) is 3.03. The molecule has 0 aromatic heterocycles. The molecule has 0 saturated carbocycles. The molecule has 0 amide bonds. The molecule has 0 aromatic carbocycles. The molecule has 0 rings (SSSR count). The van der Waals surface area contributed by atoms with Crippen molar-refractivity contribution in [2.75, 3.05) is 20.6 Å². The maximum absolute atomic E-state index is 11.4. The van der Waals surface area contributed by atoms with E-state index in [4.69, 9.17) is 5.73 Å². The molecule has 0 aliphatic heterocycles. The SMILES string of the molecule is CC(O)C(CCCN)(N(C)C)S(=O)(=O)O. The van der Waals surface area contributed by atoms with E-state index in [1.165, 1.54) is 25.9 Å². The average Bonchev–Trinajstić information content (AvgIpc) is 2.01. The lowest BCUT2D eigenvalue weighted by molar-refractivity contribution is 0.0482. The average molecular weight is 240 g/mol. The number of rotatable bonds is 6. The summed E-state index contributed by atoms with van der Waals surface area (Å²) < 4.78 is 31.9. The Morgan fingerprint density at radius 2 is 1.93 bits per heavy atom. The highest BCUT2D eigenvalue weighted by Gasteiger charge is 2.48. The van der Waals surface area contributed by atoms with Gasteiger partial charge in [-0.25, -0.2) is 0 Å². The molecule has 0 spiro atoms. The van der Waals surface area contributed by atoms with E-state index >= 15 is 0 Å². The Morgan fingerprint density at radius 1 is 1.47 bits per heavy atom. The Kier molecular flexibility index (Phi) is 5.15. The molecule has 15 heavy (non-hydrogen) atoms. The molecule has 6 nitrogen and oxygen atoms in total. The largest absolute Gasteiger partial charge is 0.390 e. The summed E-state index contributed by atoms with van der Waals surface area (Å²) in [4.78, 5) is -0.366. The summed E-state index contributed by atoms with van der Waals surface area (Å²) in [5.41, 5.74) is 5.30. The van der Waals surface area contributed by atoms with E-state index < -0.39 is 21.1 Å². The first-order valence-corrected chi connectivity index (χ1v) is 6.16. The molecule has 2 unspecified atom stereocenters. The van der Waals surface area contributed by atoms with Gasteiger partial charge >= 0.3 is 0 Å². The molecular formula is C8H20N2O4S. The summed E-state index contributed by atoms with van der Waals surface area (Å²) in [6.45, 7) is 1.64. The van der Waals surface area contributed by atoms with Gasteiger partial charge in [-0.15, -0.1) is 0 Å². The van der Waals surface area contributed by atoms with Crippen molar-refractivity contribution in [1.82, 2.24) is 4.90 Å². The van der Waals surface area contributed by atoms with Crippen LogP contribution in [0, 0.1) is 0 Å². The van der Waals surface area contributed by atoms with Gasteiger partial charge in [0.2, 0.25) is 0 Å². The lowest BCUT2D eigenvalue weighted by Gasteiger charge is -2.39. The monoisotopic (exact) mass is 240 g/mol. The summed E-state index contributed by atoms with van der Waals surface area (Å²) in [6.07, 6.45) is -0.704. The maximum atomic E-state index is 11.4. The first-order valence-electron chi connectivity index (χ1n) is 4.72. The highest BCUT2D eigenvalue weighted by molar-refractivity contribution is 7.87. The van der Waals surface area contributed by atoms with E-state index in [1.54, 1.807) is 0 Å². The quantitative estimate of drug-likeness (QED) is 0.528. The van der Waals surface area contributed by atoms with Crippen LogP contribution in [0.5, 0.6) is 0 Å². The van der Waals surface area contributed by atoms with Gasteiger partial charge < -0.3 is 10.8 Å². The van der Waals surface area contributed by atoms with Crippen LogP contribution in [-0.2, 0) is 10.1 Å². The van der Waals surface area contributed by atoms with Crippen molar-refractivity contribution in [2.24, 2.45) is 5.73 Å². The van der Waals surface area contributed by atoms with Crippen LogP contribution in [0.25, 0.3) is 0 Å². The van der Waals surface area contributed by atoms with Crippen LogP contribution in [0.2, 0.25) is 0 Å². The zero-order valence-corrected chi connectivity index (χ0v) is 10.2. The second kappa shape index (κ2) is 5.22. The van der Waals surface area contributed by atoms with E-state index in [-0.39, 0.29) is 6.42 Å². The zero-order valence-electron chi connectivity index (χ0n) is 9.34. The van der Waals surface area contributed by atoms with Crippen LogP contribution >= 0.6 is 0 Å². The fourth-order valence-electron chi connectivity index (χ4n) is 1.74. The number of likely N-dealkylation sites (N-methyl/N-ethyl adjacent to an activating group) is 1. The number of hydrogen-bond donors (Lipinski definition) is 3. The van der Waals surface area contributed by atoms with Crippen LogP contribution in [0.4, 0.5) is 0 Å². The second-order valence-electron chi connectivity index (χ2n) is 3.78. The van der Waals surface area contributed by atoms with E-state index in [0.29, 0.717) is 13.0 Å². The van der Waals surface area contributed by atoms with E-state index in [0.717, 1.165) is 0 Å². The number of nitrogens with two attached hydrogens (primary N) is 1. The van der Waals surface area contributed by atoms with Gasteiger partial charge in [0.1, 0.15) is 0 Å². The van der Waals surface area contributed by atoms with Crippen LogP contribution < -0.4 is 5.73 Å². The zero-order chi connectivity index (χ0) is 12.3. The molecular weight excluding hydrogens is 220 g/mol. The van der Waals surface area contributed by atoms with E-state index in [9.17, 15) is 18.1 Å². The smallest absolute Gasteiger partial charge is 0.286 e. The summed E-state index contributed by atoms with van der Waals surface area (Å²) in [5.74, 6) is 0. The van der Waals surface area contributed by atoms with E-state index in [1.807, 2.05) is 0 Å². The Hall–Kier alpha value is -0.210. The highest BCUT2D eigenvalue weighted by Crippen LogP contribution is 2.29. The molecule has 4 N–H and O–H groups in total. The van der Waals surface area contributed by atoms with Crippen LogP contribution in [0.15, 0.2) is 0 Å². The van der Waals surface area contributed by atoms with Crippen molar-refractivity contribution in [2.45, 2.75) is 30.7 Å². The lowest BCUT2D eigenvalue weighted by atomic mass is 10.0. The van der Waals surface area contributed by atoms with Crippen LogP contribution in [0.3, 0.4) is 0 Å². The number of aliphatic hydroxyl groups excluding tert-OH is 1. The van der Waals surface area contributed by atoms with E-state index in [2.05, 4.69) is 0 Å². The third-order valence-corrected chi connectivity index (χ3v) is 4.40. The molecule has 0 aromatic rings. The fraction of sp³-hybridized carbons (Fsp3) is 1.00. The van der Waals surface area contributed by atoms with Crippen molar-refractivity contribution >= 4 is 10.1 Å². The highest BCUT2D eigenvalue weighted by atomic mass is 32.2. The van der Waals surface area contributed by atoms with Crippen LogP contribution in [0.1, 0.15) is 19.8 Å². The molecule has 0 bridgehead atoms. The standard InChI is InChI=1S/C8H20N2O4S/c1-7(11)8(10(2)3,5-4-6-9)15(12,13)14/h7,11H,4-6,9H2,1-3H3,(H,12,13,14). The second-order valence-corrected chi connectivity index (χ2v) is 5.44. The van der Waals surface area contributed by atoms with Gasteiger partial charge in [-0.2, -0.15) is 8.42 Å². The molecule has 92 valence electrons.